The number of aryl methyl sites for hydroxylation is 1. The highest BCUT2D eigenvalue weighted by Gasteiger charge is 2.31. The molecule has 1 amide bonds. The molecule has 0 radical (unpaired) electrons. The van der Waals surface area contributed by atoms with Gasteiger partial charge in [-0.2, -0.15) is 13.2 Å². The third kappa shape index (κ3) is 3.74. The first-order valence-corrected chi connectivity index (χ1v) is 7.68. The van der Waals surface area contributed by atoms with Gasteiger partial charge in [-0.05, 0) is 31.2 Å². The van der Waals surface area contributed by atoms with Gasteiger partial charge in [0.15, 0.2) is 5.76 Å². The van der Waals surface area contributed by atoms with Gasteiger partial charge in [-0.3, -0.25) is 9.78 Å². The standard InChI is InChI=1S/C18H14F3N3O2/c1-11-15(17(25)23-10-14-7-2-3-8-22-14)16(26-24-11)12-5-4-6-13(9-12)18(19,20)21/h2-9H,10H2,1H3,(H,23,25). The van der Waals surface area contributed by atoms with Gasteiger partial charge in [-0.1, -0.05) is 23.4 Å². The summed E-state index contributed by atoms with van der Waals surface area (Å²) in [5.74, 6) is -0.506. The number of amides is 1. The topological polar surface area (TPSA) is 68.0 Å². The van der Waals surface area contributed by atoms with Crippen molar-refractivity contribution in [2.24, 2.45) is 0 Å². The molecule has 2 heterocycles. The number of hydrogen-bond donors (Lipinski definition) is 1. The van der Waals surface area contributed by atoms with Crippen LogP contribution in [0.15, 0.2) is 53.2 Å². The monoisotopic (exact) mass is 361 g/mol. The second-order valence-corrected chi connectivity index (χ2v) is 5.55. The first kappa shape index (κ1) is 17.7. The maximum atomic E-state index is 12.9. The second-order valence-electron chi connectivity index (χ2n) is 5.55. The maximum Gasteiger partial charge on any atom is 0.416 e. The van der Waals surface area contributed by atoms with Crippen molar-refractivity contribution in [1.82, 2.24) is 15.5 Å². The minimum atomic E-state index is -4.49. The van der Waals surface area contributed by atoms with Gasteiger partial charge in [0, 0.05) is 11.8 Å². The lowest BCUT2D eigenvalue weighted by atomic mass is 10.0. The summed E-state index contributed by atoms with van der Waals surface area (Å²) in [6.45, 7) is 1.72. The van der Waals surface area contributed by atoms with Crippen LogP contribution < -0.4 is 5.32 Å². The molecular formula is C18H14F3N3O2. The highest BCUT2D eigenvalue weighted by molar-refractivity contribution is 6.00. The molecule has 3 rings (SSSR count). The average molecular weight is 361 g/mol. The van der Waals surface area contributed by atoms with Gasteiger partial charge in [0.2, 0.25) is 0 Å². The summed E-state index contributed by atoms with van der Waals surface area (Å²) < 4.78 is 43.9. The lowest BCUT2D eigenvalue weighted by molar-refractivity contribution is -0.137. The molecule has 0 fully saturated rings. The Morgan fingerprint density at radius 2 is 2.00 bits per heavy atom. The predicted molar refractivity (Wildman–Crippen MR) is 87.1 cm³/mol. The second kappa shape index (κ2) is 6.99. The van der Waals surface area contributed by atoms with Crippen molar-refractivity contribution in [3.8, 4) is 11.3 Å². The minimum absolute atomic E-state index is 0.00730. The molecule has 8 heteroatoms. The molecule has 0 atom stereocenters. The van der Waals surface area contributed by atoms with E-state index in [0.29, 0.717) is 5.69 Å². The minimum Gasteiger partial charge on any atom is -0.355 e. The van der Waals surface area contributed by atoms with E-state index in [1.54, 1.807) is 31.3 Å². The molecule has 0 spiro atoms. The van der Waals surface area contributed by atoms with Crippen LogP contribution in [0.1, 0.15) is 27.3 Å². The molecule has 0 aliphatic rings. The van der Waals surface area contributed by atoms with Crippen molar-refractivity contribution in [2.75, 3.05) is 0 Å². The molecule has 26 heavy (non-hydrogen) atoms. The van der Waals surface area contributed by atoms with Crippen LogP contribution in [0.4, 0.5) is 13.2 Å². The number of pyridine rings is 1. The maximum absolute atomic E-state index is 12.9. The fraction of sp³-hybridized carbons (Fsp3) is 0.167. The number of nitrogens with one attached hydrogen (secondary N) is 1. The Kier molecular flexibility index (Phi) is 4.75. The Morgan fingerprint density at radius 3 is 2.69 bits per heavy atom. The predicted octanol–water partition coefficient (Wildman–Crippen LogP) is 3.99. The third-order valence-corrected chi connectivity index (χ3v) is 3.70. The molecule has 1 aromatic carbocycles. The molecule has 0 bridgehead atoms. The van der Waals surface area contributed by atoms with Crippen LogP contribution in [0.25, 0.3) is 11.3 Å². The Balaban J connectivity index is 1.88. The van der Waals surface area contributed by atoms with E-state index in [0.717, 1.165) is 12.1 Å². The van der Waals surface area contributed by atoms with E-state index < -0.39 is 17.6 Å². The van der Waals surface area contributed by atoms with E-state index in [1.165, 1.54) is 12.1 Å². The molecule has 0 unspecified atom stereocenters. The van der Waals surface area contributed by atoms with Crippen LogP contribution in [-0.4, -0.2) is 16.0 Å². The van der Waals surface area contributed by atoms with E-state index in [4.69, 9.17) is 4.52 Å². The van der Waals surface area contributed by atoms with Crippen LogP contribution in [0.3, 0.4) is 0 Å². The van der Waals surface area contributed by atoms with E-state index in [9.17, 15) is 18.0 Å². The largest absolute Gasteiger partial charge is 0.416 e. The summed E-state index contributed by atoms with van der Waals surface area (Å²) in [5, 5.41) is 6.40. The quantitative estimate of drug-likeness (QED) is 0.763. The van der Waals surface area contributed by atoms with E-state index in [-0.39, 0.29) is 29.1 Å². The lowest BCUT2D eigenvalue weighted by Gasteiger charge is -2.08. The fourth-order valence-electron chi connectivity index (χ4n) is 2.43. The smallest absolute Gasteiger partial charge is 0.355 e. The van der Waals surface area contributed by atoms with Gasteiger partial charge in [-0.25, -0.2) is 0 Å². The van der Waals surface area contributed by atoms with Gasteiger partial charge in [0.25, 0.3) is 5.91 Å². The zero-order valence-electron chi connectivity index (χ0n) is 13.7. The summed E-state index contributed by atoms with van der Waals surface area (Å²) in [4.78, 5) is 16.6. The van der Waals surface area contributed by atoms with Gasteiger partial charge in [0.1, 0.15) is 5.56 Å². The Hall–Kier alpha value is -3.16. The molecule has 0 saturated carbocycles. The van der Waals surface area contributed by atoms with Crippen LogP contribution in [0, 0.1) is 6.92 Å². The van der Waals surface area contributed by atoms with Crippen molar-refractivity contribution < 1.29 is 22.5 Å². The summed E-state index contributed by atoms with van der Waals surface area (Å²) in [7, 11) is 0. The number of rotatable bonds is 4. The molecule has 2 aromatic heterocycles. The Morgan fingerprint density at radius 1 is 1.19 bits per heavy atom. The lowest BCUT2D eigenvalue weighted by Crippen LogP contribution is -2.24. The average Bonchev–Trinajstić information content (AvgIpc) is 3.01. The van der Waals surface area contributed by atoms with Crippen LogP contribution in [0.5, 0.6) is 0 Å². The molecule has 1 N–H and O–H groups in total. The van der Waals surface area contributed by atoms with Crippen molar-refractivity contribution in [1.29, 1.82) is 0 Å². The first-order chi connectivity index (χ1) is 12.4. The highest BCUT2D eigenvalue weighted by atomic mass is 19.4. The SMILES string of the molecule is Cc1noc(-c2cccc(C(F)(F)F)c2)c1C(=O)NCc1ccccn1. The number of halogens is 3. The van der Waals surface area contributed by atoms with Gasteiger partial charge in [0.05, 0.1) is 23.5 Å². The summed E-state index contributed by atoms with van der Waals surface area (Å²) in [6, 6.07) is 9.85. The van der Waals surface area contributed by atoms with Crippen molar-refractivity contribution >= 4 is 5.91 Å². The van der Waals surface area contributed by atoms with Gasteiger partial charge >= 0.3 is 6.18 Å². The molecule has 134 valence electrons. The van der Waals surface area contributed by atoms with Crippen molar-refractivity contribution in [3.05, 3.63) is 71.2 Å². The molecule has 0 aliphatic carbocycles. The Bertz CT molecular complexity index is 921. The van der Waals surface area contributed by atoms with Crippen LogP contribution in [-0.2, 0) is 12.7 Å². The van der Waals surface area contributed by atoms with Crippen molar-refractivity contribution in [2.45, 2.75) is 19.6 Å². The van der Waals surface area contributed by atoms with Gasteiger partial charge in [-0.15, -0.1) is 0 Å². The van der Waals surface area contributed by atoms with E-state index >= 15 is 0 Å². The number of carbonyl (C=O) groups is 1. The number of hydrogen-bond acceptors (Lipinski definition) is 4. The Labute approximate surface area is 146 Å². The zero-order valence-corrected chi connectivity index (χ0v) is 13.7. The fourth-order valence-corrected chi connectivity index (χ4v) is 2.43. The van der Waals surface area contributed by atoms with Crippen LogP contribution >= 0.6 is 0 Å². The highest BCUT2D eigenvalue weighted by Crippen LogP contribution is 2.33. The number of nitrogens with zero attached hydrogens (tertiary/aromatic N) is 2. The van der Waals surface area contributed by atoms with Crippen LogP contribution in [0.2, 0.25) is 0 Å². The number of aromatic nitrogens is 2. The number of carbonyl (C=O) groups excluding carboxylic acids is 1. The molecule has 0 saturated heterocycles. The normalized spacial score (nSPS) is 11.4. The molecule has 0 aliphatic heterocycles. The summed E-state index contributed by atoms with van der Waals surface area (Å²) >= 11 is 0. The first-order valence-electron chi connectivity index (χ1n) is 7.68. The number of alkyl halides is 3. The molecule has 3 aromatic rings. The van der Waals surface area contributed by atoms with Gasteiger partial charge < -0.3 is 9.84 Å². The zero-order chi connectivity index (χ0) is 18.7. The molecular weight excluding hydrogens is 347 g/mol. The number of benzene rings is 1. The third-order valence-electron chi connectivity index (χ3n) is 3.70. The van der Waals surface area contributed by atoms with E-state index in [2.05, 4.69) is 15.5 Å². The summed E-state index contributed by atoms with van der Waals surface area (Å²) in [6.07, 6.45) is -2.90. The molecule has 5 nitrogen and oxygen atoms in total. The summed E-state index contributed by atoms with van der Waals surface area (Å²) in [5.41, 5.74) is 0.332. The van der Waals surface area contributed by atoms with Crippen molar-refractivity contribution in [3.63, 3.8) is 0 Å². The van der Waals surface area contributed by atoms with E-state index in [1.807, 2.05) is 0 Å².